The predicted octanol–water partition coefficient (Wildman–Crippen LogP) is -2.51. The van der Waals surface area contributed by atoms with Crippen molar-refractivity contribution in [2.24, 2.45) is 0 Å². The van der Waals surface area contributed by atoms with Crippen LogP contribution in [0.25, 0.3) is 0 Å². The number of carbonyl (C=O) groups is 2. The molecule has 0 aromatic rings. The SMILES string of the molecule is CC(=O)N[C@H](CO)C(=O)N1CCCC1B(O)O. The van der Waals surface area contributed by atoms with E-state index >= 15 is 0 Å². The summed E-state index contributed by atoms with van der Waals surface area (Å²) < 4.78 is 0. The number of hydrogen-bond acceptors (Lipinski definition) is 5. The summed E-state index contributed by atoms with van der Waals surface area (Å²) in [6.07, 6.45) is 1.17. The molecule has 1 heterocycles. The highest BCUT2D eigenvalue weighted by molar-refractivity contribution is 6.43. The highest BCUT2D eigenvalue weighted by Gasteiger charge is 2.39. The van der Waals surface area contributed by atoms with Crippen molar-refractivity contribution < 1.29 is 24.7 Å². The zero-order valence-corrected chi connectivity index (χ0v) is 9.67. The number of hydrogen-bond donors (Lipinski definition) is 4. The Labute approximate surface area is 99.6 Å². The molecule has 96 valence electrons. The molecule has 7 nitrogen and oxygen atoms in total. The first-order valence-corrected chi connectivity index (χ1v) is 5.52. The number of nitrogens with one attached hydrogen (secondary N) is 1. The first-order chi connectivity index (χ1) is 7.97. The van der Waals surface area contributed by atoms with Crippen LogP contribution >= 0.6 is 0 Å². The second kappa shape index (κ2) is 5.99. The molecule has 1 saturated heterocycles. The number of nitrogens with zero attached hydrogens (tertiary/aromatic N) is 1. The van der Waals surface area contributed by atoms with E-state index in [0.717, 1.165) is 0 Å². The van der Waals surface area contributed by atoms with Crippen molar-refractivity contribution in [2.45, 2.75) is 31.7 Å². The Bertz CT molecular complexity index is 299. The lowest BCUT2D eigenvalue weighted by atomic mass is 9.78. The summed E-state index contributed by atoms with van der Waals surface area (Å²) in [6, 6.07) is -1.02. The number of aliphatic hydroxyl groups is 1. The van der Waals surface area contributed by atoms with E-state index in [4.69, 9.17) is 15.2 Å². The van der Waals surface area contributed by atoms with Crippen LogP contribution in [-0.2, 0) is 9.59 Å². The molecule has 1 fully saturated rings. The van der Waals surface area contributed by atoms with Crippen LogP contribution in [0.4, 0.5) is 0 Å². The maximum Gasteiger partial charge on any atom is 0.475 e. The van der Waals surface area contributed by atoms with Crippen LogP contribution in [-0.4, -0.2) is 64.1 Å². The van der Waals surface area contributed by atoms with Gasteiger partial charge in [-0.15, -0.1) is 0 Å². The second-order valence-corrected chi connectivity index (χ2v) is 4.09. The minimum atomic E-state index is -1.60. The quantitative estimate of drug-likeness (QED) is 0.408. The lowest BCUT2D eigenvalue weighted by molar-refractivity contribution is -0.137. The van der Waals surface area contributed by atoms with Crippen LogP contribution in [0.2, 0.25) is 0 Å². The summed E-state index contributed by atoms with van der Waals surface area (Å²) in [5, 5.41) is 29.6. The van der Waals surface area contributed by atoms with Crippen molar-refractivity contribution in [3.8, 4) is 0 Å². The zero-order chi connectivity index (χ0) is 13.0. The van der Waals surface area contributed by atoms with Gasteiger partial charge in [-0.2, -0.15) is 0 Å². The normalized spacial score (nSPS) is 21.2. The molecule has 0 aromatic heterocycles. The van der Waals surface area contributed by atoms with Crippen molar-refractivity contribution >= 4 is 18.9 Å². The van der Waals surface area contributed by atoms with E-state index in [1.165, 1.54) is 11.8 Å². The summed E-state index contributed by atoms with van der Waals surface area (Å²) in [4.78, 5) is 24.1. The van der Waals surface area contributed by atoms with Crippen molar-refractivity contribution in [2.75, 3.05) is 13.2 Å². The van der Waals surface area contributed by atoms with Crippen LogP contribution in [0.5, 0.6) is 0 Å². The van der Waals surface area contributed by atoms with Gasteiger partial charge in [0.25, 0.3) is 0 Å². The van der Waals surface area contributed by atoms with Crippen LogP contribution in [0.3, 0.4) is 0 Å². The largest absolute Gasteiger partial charge is 0.475 e. The summed E-state index contributed by atoms with van der Waals surface area (Å²) in [5.74, 6) is -1.57. The Morgan fingerprint density at radius 1 is 1.53 bits per heavy atom. The van der Waals surface area contributed by atoms with E-state index in [1.54, 1.807) is 0 Å². The highest BCUT2D eigenvalue weighted by atomic mass is 16.4. The third-order valence-electron chi connectivity index (χ3n) is 2.78. The van der Waals surface area contributed by atoms with Crippen molar-refractivity contribution in [3.63, 3.8) is 0 Å². The zero-order valence-electron chi connectivity index (χ0n) is 9.67. The van der Waals surface area contributed by atoms with E-state index in [-0.39, 0.29) is 0 Å². The van der Waals surface area contributed by atoms with E-state index in [2.05, 4.69) is 5.32 Å². The second-order valence-electron chi connectivity index (χ2n) is 4.09. The fraction of sp³-hybridized carbons (Fsp3) is 0.778. The van der Waals surface area contributed by atoms with Gasteiger partial charge in [0.05, 0.1) is 12.5 Å². The number of carbonyl (C=O) groups excluding carboxylic acids is 2. The summed E-state index contributed by atoms with van der Waals surface area (Å²) >= 11 is 0. The lowest BCUT2D eigenvalue weighted by Crippen LogP contribution is -2.54. The van der Waals surface area contributed by atoms with Gasteiger partial charge < -0.3 is 25.4 Å². The summed E-state index contributed by atoms with van der Waals surface area (Å²) in [6.45, 7) is 1.14. The number of amides is 2. The van der Waals surface area contributed by atoms with Gasteiger partial charge in [-0.05, 0) is 12.8 Å². The monoisotopic (exact) mass is 244 g/mol. The maximum atomic E-state index is 12.0. The molecule has 1 rings (SSSR count). The highest BCUT2D eigenvalue weighted by Crippen LogP contribution is 2.18. The van der Waals surface area contributed by atoms with Gasteiger partial charge >= 0.3 is 7.12 Å². The lowest BCUT2D eigenvalue weighted by Gasteiger charge is -2.27. The van der Waals surface area contributed by atoms with Crippen LogP contribution in [0, 0.1) is 0 Å². The molecule has 2 amide bonds. The Hall–Kier alpha value is -1.12. The van der Waals surface area contributed by atoms with Crippen LogP contribution in [0.15, 0.2) is 0 Å². The van der Waals surface area contributed by atoms with E-state index in [0.29, 0.717) is 19.4 Å². The molecule has 0 saturated carbocycles. The van der Waals surface area contributed by atoms with Crippen LogP contribution < -0.4 is 5.32 Å². The molecule has 0 radical (unpaired) electrons. The van der Waals surface area contributed by atoms with Crippen LogP contribution in [0.1, 0.15) is 19.8 Å². The third-order valence-corrected chi connectivity index (χ3v) is 2.78. The Morgan fingerprint density at radius 2 is 2.18 bits per heavy atom. The predicted molar refractivity (Wildman–Crippen MR) is 59.6 cm³/mol. The standard InChI is InChI=1S/C9H17BN2O5/c1-6(14)11-7(5-13)9(15)12-4-2-3-8(12)10(16)17/h7-8,13,16-17H,2-5H2,1H3,(H,11,14)/t7-,8?/m1/s1. The molecule has 0 aliphatic carbocycles. The first-order valence-electron chi connectivity index (χ1n) is 5.52. The molecule has 1 aliphatic heterocycles. The van der Waals surface area contributed by atoms with Gasteiger partial charge in [-0.1, -0.05) is 0 Å². The topological polar surface area (TPSA) is 110 Å². The molecule has 1 aliphatic rings. The van der Waals surface area contributed by atoms with Crippen molar-refractivity contribution in [3.05, 3.63) is 0 Å². The maximum absolute atomic E-state index is 12.0. The molecule has 4 N–H and O–H groups in total. The molecule has 0 bridgehead atoms. The molecule has 0 aromatic carbocycles. The van der Waals surface area contributed by atoms with Gasteiger partial charge in [-0.3, -0.25) is 9.59 Å². The molecular formula is C9H17BN2O5. The van der Waals surface area contributed by atoms with Crippen molar-refractivity contribution in [1.29, 1.82) is 0 Å². The smallest absolute Gasteiger partial charge is 0.426 e. The van der Waals surface area contributed by atoms with Crippen molar-refractivity contribution in [1.82, 2.24) is 10.2 Å². The third kappa shape index (κ3) is 3.42. The average molecular weight is 244 g/mol. The fourth-order valence-electron chi connectivity index (χ4n) is 2.01. The number of aliphatic hydroxyl groups excluding tert-OH is 1. The van der Waals surface area contributed by atoms with Gasteiger partial charge in [0.2, 0.25) is 11.8 Å². The van der Waals surface area contributed by atoms with Gasteiger partial charge in [0.15, 0.2) is 0 Å². The molecule has 0 spiro atoms. The first kappa shape index (κ1) is 13.9. The molecular weight excluding hydrogens is 227 g/mol. The van der Waals surface area contributed by atoms with Gasteiger partial charge in [-0.25, -0.2) is 0 Å². The molecule has 1 unspecified atom stereocenters. The minimum Gasteiger partial charge on any atom is -0.426 e. The fourth-order valence-corrected chi connectivity index (χ4v) is 2.01. The van der Waals surface area contributed by atoms with Gasteiger partial charge in [0.1, 0.15) is 6.04 Å². The Balaban J connectivity index is 2.69. The van der Waals surface area contributed by atoms with E-state index < -0.39 is 37.5 Å². The minimum absolute atomic E-state index is 0.400. The molecule has 2 atom stereocenters. The Morgan fingerprint density at radius 3 is 2.65 bits per heavy atom. The number of rotatable bonds is 4. The van der Waals surface area contributed by atoms with Gasteiger partial charge in [0, 0.05) is 13.5 Å². The van der Waals surface area contributed by atoms with E-state index in [9.17, 15) is 9.59 Å². The molecule has 17 heavy (non-hydrogen) atoms. The molecule has 8 heteroatoms. The average Bonchev–Trinajstić information content (AvgIpc) is 2.73. The van der Waals surface area contributed by atoms with E-state index in [1.807, 2.05) is 0 Å². The summed E-state index contributed by atoms with van der Waals surface area (Å²) in [5.41, 5.74) is 0. The summed E-state index contributed by atoms with van der Waals surface area (Å²) in [7, 11) is -1.60. The Kier molecular flexibility index (Phi) is 4.92. The number of likely N-dealkylation sites (tertiary alicyclic amines) is 1.